The normalized spacial score (nSPS) is 11.2. The Morgan fingerprint density at radius 2 is 1.82 bits per heavy atom. The van der Waals surface area contributed by atoms with E-state index in [1.54, 1.807) is 24.3 Å². The Balaban J connectivity index is 1.78. The van der Waals surface area contributed by atoms with E-state index in [0.717, 1.165) is 18.2 Å². The minimum atomic E-state index is -1.15. The molecule has 0 atom stereocenters. The summed E-state index contributed by atoms with van der Waals surface area (Å²) in [6.07, 6.45) is -0.0625. The van der Waals surface area contributed by atoms with Gasteiger partial charge in [-0.3, -0.25) is 4.79 Å². The molecule has 5 nitrogen and oxygen atoms in total. The van der Waals surface area contributed by atoms with Gasteiger partial charge in [-0.25, -0.2) is 13.6 Å². The first-order chi connectivity index (χ1) is 13.4. The van der Waals surface area contributed by atoms with Gasteiger partial charge < -0.3 is 13.9 Å². The first-order valence-corrected chi connectivity index (χ1v) is 8.64. The largest absolute Gasteiger partial charge is 0.451 e. The van der Waals surface area contributed by atoms with Crippen molar-refractivity contribution in [2.45, 2.75) is 26.6 Å². The Labute approximate surface area is 159 Å². The number of carbonyl (C=O) groups is 2. The average Bonchev–Trinajstić information content (AvgIpc) is 3.05. The molecule has 0 bridgehead atoms. The number of carbonyl (C=O) groups excluding carboxylic acids is 2. The summed E-state index contributed by atoms with van der Waals surface area (Å²) in [7, 11) is 0. The van der Waals surface area contributed by atoms with Gasteiger partial charge in [0.05, 0.1) is 12.7 Å². The van der Waals surface area contributed by atoms with E-state index in [1.165, 1.54) is 0 Å². The predicted octanol–water partition coefficient (Wildman–Crippen LogP) is 4.68. The molecule has 0 aliphatic heterocycles. The number of Topliss-reactive ketones (excluding diaryl/α,β-unsaturated/α-hetero) is 1. The maximum atomic E-state index is 13.3. The summed E-state index contributed by atoms with van der Waals surface area (Å²) in [5, 5.41) is 0.710. The van der Waals surface area contributed by atoms with Crippen LogP contribution in [0, 0.1) is 11.6 Å². The van der Waals surface area contributed by atoms with Gasteiger partial charge in [0.25, 0.3) is 0 Å². The maximum Gasteiger partial charge on any atom is 0.375 e. The number of benzene rings is 2. The number of esters is 1. The van der Waals surface area contributed by atoms with Crippen molar-refractivity contribution in [2.24, 2.45) is 0 Å². The van der Waals surface area contributed by atoms with Crippen LogP contribution < -0.4 is 0 Å². The Morgan fingerprint density at radius 3 is 2.54 bits per heavy atom. The minimum absolute atomic E-state index is 0.0556. The van der Waals surface area contributed by atoms with Crippen LogP contribution in [0.4, 0.5) is 8.78 Å². The molecule has 28 heavy (non-hydrogen) atoms. The van der Waals surface area contributed by atoms with Crippen LogP contribution in [-0.4, -0.2) is 24.5 Å². The van der Waals surface area contributed by atoms with Crippen LogP contribution in [0.5, 0.6) is 0 Å². The third-order valence-corrected chi connectivity index (χ3v) is 4.02. The highest BCUT2D eigenvalue weighted by molar-refractivity contribution is 6.00. The van der Waals surface area contributed by atoms with E-state index in [0.29, 0.717) is 16.5 Å². The molecule has 0 radical (unpaired) electrons. The zero-order valence-corrected chi connectivity index (χ0v) is 15.3. The van der Waals surface area contributed by atoms with Crippen LogP contribution in [0.3, 0.4) is 0 Å². The molecule has 0 saturated carbocycles. The number of halogens is 2. The van der Waals surface area contributed by atoms with Crippen molar-refractivity contribution in [3.63, 3.8) is 0 Å². The number of ketones is 1. The Kier molecular flexibility index (Phi) is 5.84. The summed E-state index contributed by atoms with van der Waals surface area (Å²) >= 11 is 0. The van der Waals surface area contributed by atoms with Crippen LogP contribution in [0.15, 0.2) is 46.9 Å². The van der Waals surface area contributed by atoms with Crippen molar-refractivity contribution in [2.75, 3.05) is 6.61 Å². The lowest BCUT2D eigenvalue weighted by molar-refractivity contribution is 0.0423. The molecule has 2 aromatic carbocycles. The fourth-order valence-corrected chi connectivity index (χ4v) is 2.61. The summed E-state index contributed by atoms with van der Waals surface area (Å²) in [6.45, 7) is 3.23. The van der Waals surface area contributed by atoms with Crippen molar-refractivity contribution in [3.8, 4) is 0 Å². The van der Waals surface area contributed by atoms with Crippen molar-refractivity contribution in [1.82, 2.24) is 0 Å². The SMILES string of the molecule is CC(C)OCc1c(C(=O)OCC(=O)c2ccc(F)c(F)c2)oc2ccccc12. The Hall–Kier alpha value is -3.06. The van der Waals surface area contributed by atoms with Gasteiger partial charge in [-0.05, 0) is 38.1 Å². The molecule has 0 fully saturated rings. The lowest BCUT2D eigenvalue weighted by atomic mass is 10.1. The minimum Gasteiger partial charge on any atom is -0.451 e. The highest BCUT2D eigenvalue weighted by atomic mass is 19.2. The third-order valence-electron chi connectivity index (χ3n) is 4.02. The molecule has 0 spiro atoms. The molecule has 0 unspecified atom stereocenters. The Morgan fingerprint density at radius 1 is 1.07 bits per heavy atom. The second kappa shape index (κ2) is 8.31. The smallest absolute Gasteiger partial charge is 0.375 e. The summed E-state index contributed by atoms with van der Waals surface area (Å²) < 4.78 is 42.5. The van der Waals surface area contributed by atoms with Gasteiger partial charge in [-0.15, -0.1) is 0 Å². The summed E-state index contributed by atoms with van der Waals surface area (Å²) in [5.74, 6) is -3.77. The van der Waals surface area contributed by atoms with Gasteiger partial charge in [-0.2, -0.15) is 0 Å². The molecule has 3 aromatic rings. The molecule has 0 aliphatic rings. The van der Waals surface area contributed by atoms with Gasteiger partial charge in [0.15, 0.2) is 24.0 Å². The van der Waals surface area contributed by atoms with Crippen LogP contribution in [0.1, 0.15) is 40.3 Å². The third kappa shape index (κ3) is 4.26. The lowest BCUT2D eigenvalue weighted by Gasteiger charge is -2.08. The zero-order chi connectivity index (χ0) is 20.3. The average molecular weight is 388 g/mol. The van der Waals surface area contributed by atoms with E-state index in [2.05, 4.69) is 0 Å². The standard InChI is InChI=1S/C21H18F2O5/c1-12(2)26-10-15-14-5-3-4-6-19(14)28-20(15)21(25)27-11-18(24)13-7-8-16(22)17(23)9-13/h3-9,12H,10-11H2,1-2H3. The van der Waals surface area contributed by atoms with E-state index in [4.69, 9.17) is 13.9 Å². The molecule has 0 saturated heterocycles. The molecule has 1 aromatic heterocycles. The van der Waals surface area contributed by atoms with Gasteiger partial charge in [0, 0.05) is 16.5 Å². The van der Waals surface area contributed by atoms with E-state index in [-0.39, 0.29) is 24.0 Å². The quantitative estimate of drug-likeness (QED) is 0.434. The van der Waals surface area contributed by atoms with Crippen molar-refractivity contribution in [3.05, 3.63) is 71.0 Å². The van der Waals surface area contributed by atoms with Gasteiger partial charge in [0.1, 0.15) is 5.58 Å². The molecular formula is C21H18F2O5. The number of rotatable bonds is 7. The van der Waals surface area contributed by atoms with Crippen molar-refractivity contribution >= 4 is 22.7 Å². The van der Waals surface area contributed by atoms with Gasteiger partial charge in [-0.1, -0.05) is 18.2 Å². The molecule has 0 amide bonds. The molecule has 146 valence electrons. The fourth-order valence-electron chi connectivity index (χ4n) is 2.61. The zero-order valence-electron chi connectivity index (χ0n) is 15.3. The molecular weight excluding hydrogens is 370 g/mol. The maximum absolute atomic E-state index is 13.3. The number of ether oxygens (including phenoxy) is 2. The molecule has 0 aliphatic carbocycles. The van der Waals surface area contributed by atoms with Crippen molar-refractivity contribution in [1.29, 1.82) is 0 Å². The monoisotopic (exact) mass is 388 g/mol. The van der Waals surface area contributed by atoms with E-state index in [9.17, 15) is 18.4 Å². The number of para-hydroxylation sites is 1. The molecule has 0 N–H and O–H groups in total. The molecule has 1 heterocycles. The number of hydrogen-bond acceptors (Lipinski definition) is 5. The van der Waals surface area contributed by atoms with Gasteiger partial charge >= 0.3 is 5.97 Å². The van der Waals surface area contributed by atoms with E-state index in [1.807, 2.05) is 13.8 Å². The fraction of sp³-hybridized carbons (Fsp3) is 0.238. The van der Waals surface area contributed by atoms with Crippen LogP contribution >= 0.6 is 0 Å². The molecule has 3 rings (SSSR count). The van der Waals surface area contributed by atoms with E-state index < -0.39 is 30.0 Å². The number of hydrogen-bond donors (Lipinski definition) is 0. The topological polar surface area (TPSA) is 65.7 Å². The highest BCUT2D eigenvalue weighted by Gasteiger charge is 2.23. The summed E-state index contributed by atoms with van der Waals surface area (Å²) in [5.41, 5.74) is 0.915. The first-order valence-electron chi connectivity index (χ1n) is 8.64. The highest BCUT2D eigenvalue weighted by Crippen LogP contribution is 2.27. The van der Waals surface area contributed by atoms with Crippen LogP contribution in [-0.2, 0) is 16.1 Å². The first kappa shape index (κ1) is 19.7. The van der Waals surface area contributed by atoms with Crippen LogP contribution in [0.2, 0.25) is 0 Å². The summed E-state index contributed by atoms with van der Waals surface area (Å²) in [6, 6.07) is 9.79. The van der Waals surface area contributed by atoms with Crippen molar-refractivity contribution < 1.29 is 32.3 Å². The van der Waals surface area contributed by atoms with Crippen LogP contribution in [0.25, 0.3) is 11.0 Å². The van der Waals surface area contributed by atoms with E-state index >= 15 is 0 Å². The second-order valence-corrected chi connectivity index (χ2v) is 6.39. The molecule has 7 heteroatoms. The predicted molar refractivity (Wildman–Crippen MR) is 97.1 cm³/mol. The number of furan rings is 1. The second-order valence-electron chi connectivity index (χ2n) is 6.39. The summed E-state index contributed by atoms with van der Waals surface area (Å²) in [4.78, 5) is 24.6. The van der Waals surface area contributed by atoms with Gasteiger partial charge in [0.2, 0.25) is 5.76 Å². The lowest BCUT2D eigenvalue weighted by Crippen LogP contribution is -2.15. The number of fused-ring (bicyclic) bond motifs is 1. The Bertz CT molecular complexity index is 1020.